The van der Waals surface area contributed by atoms with E-state index in [2.05, 4.69) is 20.1 Å². The van der Waals surface area contributed by atoms with Crippen molar-refractivity contribution in [3.63, 3.8) is 0 Å². The molecule has 0 radical (unpaired) electrons. The summed E-state index contributed by atoms with van der Waals surface area (Å²) >= 11 is 0. The second kappa shape index (κ2) is 6.41. The van der Waals surface area contributed by atoms with Gasteiger partial charge in [0.2, 0.25) is 11.8 Å². The van der Waals surface area contributed by atoms with Gasteiger partial charge in [-0.3, -0.25) is 9.88 Å². The van der Waals surface area contributed by atoms with Crippen molar-refractivity contribution in [2.75, 3.05) is 19.7 Å². The average Bonchev–Trinajstić information content (AvgIpc) is 3.00. The Kier molecular flexibility index (Phi) is 4.35. The monoisotopic (exact) mass is 304 g/mol. The molecule has 22 heavy (non-hydrogen) atoms. The summed E-state index contributed by atoms with van der Waals surface area (Å²) in [6.07, 6.45) is 0.485. The average molecular weight is 304 g/mol. The normalized spacial score (nSPS) is 19.5. The molecule has 1 fully saturated rings. The fraction of sp³-hybridized carbons (Fsp3) is 0.533. The van der Waals surface area contributed by atoms with Crippen molar-refractivity contribution in [1.82, 2.24) is 20.1 Å². The lowest BCUT2D eigenvalue weighted by atomic mass is 10.2. The van der Waals surface area contributed by atoms with Crippen molar-refractivity contribution >= 4 is 0 Å². The van der Waals surface area contributed by atoms with Gasteiger partial charge in [0, 0.05) is 31.7 Å². The molecule has 0 spiro atoms. The number of hydrogen-bond donors (Lipinski definition) is 1. The van der Waals surface area contributed by atoms with Crippen LogP contribution in [0.3, 0.4) is 0 Å². The van der Waals surface area contributed by atoms with Crippen LogP contribution in [-0.4, -0.2) is 44.9 Å². The van der Waals surface area contributed by atoms with Crippen LogP contribution in [0.5, 0.6) is 5.75 Å². The highest BCUT2D eigenvalue weighted by molar-refractivity contribution is 5.27. The second-order valence-electron chi connectivity index (χ2n) is 5.40. The van der Waals surface area contributed by atoms with E-state index in [0.717, 1.165) is 12.2 Å². The smallest absolute Gasteiger partial charge is 0.246 e. The van der Waals surface area contributed by atoms with Crippen LogP contribution in [0.25, 0.3) is 0 Å². The van der Waals surface area contributed by atoms with E-state index >= 15 is 0 Å². The maximum Gasteiger partial charge on any atom is 0.246 e. The Balaban J connectivity index is 1.69. The molecule has 0 aliphatic carbocycles. The molecule has 0 aromatic carbocycles. The number of hydrogen-bond acceptors (Lipinski definition) is 7. The highest BCUT2D eigenvalue weighted by Crippen LogP contribution is 2.24. The third-order valence-corrected chi connectivity index (χ3v) is 3.67. The minimum atomic E-state index is -0.228. The fourth-order valence-corrected chi connectivity index (χ4v) is 2.47. The minimum absolute atomic E-state index is 0.222. The van der Waals surface area contributed by atoms with E-state index in [1.54, 1.807) is 12.1 Å². The van der Waals surface area contributed by atoms with Crippen LogP contribution >= 0.6 is 0 Å². The number of pyridine rings is 1. The number of ether oxygens (including phenoxy) is 1. The van der Waals surface area contributed by atoms with Gasteiger partial charge in [-0.25, -0.2) is 0 Å². The molecule has 1 unspecified atom stereocenters. The lowest BCUT2D eigenvalue weighted by Crippen LogP contribution is -2.38. The maximum atomic E-state index is 9.92. The van der Waals surface area contributed by atoms with E-state index in [-0.39, 0.29) is 11.9 Å². The SMILES string of the molecule is CCc1nnc(C2CN(Cc3nc(C)ccc3O)CCO2)o1. The van der Waals surface area contributed by atoms with Gasteiger partial charge in [-0.05, 0) is 19.1 Å². The van der Waals surface area contributed by atoms with Gasteiger partial charge in [-0.2, -0.15) is 0 Å². The summed E-state index contributed by atoms with van der Waals surface area (Å²) in [6.45, 7) is 6.46. The lowest BCUT2D eigenvalue weighted by molar-refractivity contribution is -0.0462. The van der Waals surface area contributed by atoms with Crippen LogP contribution in [0.4, 0.5) is 0 Å². The predicted molar refractivity (Wildman–Crippen MR) is 78.3 cm³/mol. The highest BCUT2D eigenvalue weighted by Gasteiger charge is 2.27. The molecule has 1 saturated heterocycles. The van der Waals surface area contributed by atoms with E-state index < -0.39 is 0 Å². The summed E-state index contributed by atoms with van der Waals surface area (Å²) in [4.78, 5) is 6.57. The Bertz CT molecular complexity index is 643. The standard InChI is InChI=1S/C15H20N4O3/c1-3-14-17-18-15(22-14)13-9-19(6-7-21-13)8-11-12(20)5-4-10(2)16-11/h4-5,13,20H,3,6-9H2,1-2H3. The molecule has 0 bridgehead atoms. The highest BCUT2D eigenvalue weighted by atomic mass is 16.5. The number of aromatic hydroxyl groups is 1. The van der Waals surface area contributed by atoms with Crippen LogP contribution in [0.15, 0.2) is 16.5 Å². The third kappa shape index (κ3) is 3.26. The first-order valence-electron chi connectivity index (χ1n) is 7.47. The third-order valence-electron chi connectivity index (χ3n) is 3.67. The van der Waals surface area contributed by atoms with Crippen molar-refractivity contribution in [3.8, 4) is 5.75 Å². The van der Waals surface area contributed by atoms with Crippen molar-refractivity contribution in [3.05, 3.63) is 35.3 Å². The summed E-state index contributed by atoms with van der Waals surface area (Å²) in [7, 11) is 0. The molecule has 1 atom stereocenters. The molecule has 2 aromatic heterocycles. The van der Waals surface area contributed by atoms with Gasteiger partial charge in [0.05, 0.1) is 12.3 Å². The molecule has 0 amide bonds. The van der Waals surface area contributed by atoms with E-state index in [0.29, 0.717) is 43.6 Å². The lowest BCUT2D eigenvalue weighted by Gasteiger charge is -2.31. The van der Waals surface area contributed by atoms with Gasteiger partial charge in [0.15, 0.2) is 0 Å². The first-order valence-corrected chi connectivity index (χ1v) is 7.47. The molecular formula is C15H20N4O3. The molecule has 118 valence electrons. The molecule has 0 saturated carbocycles. The molecule has 1 aliphatic rings. The summed E-state index contributed by atoms with van der Waals surface area (Å²) in [5.41, 5.74) is 1.57. The zero-order valence-corrected chi connectivity index (χ0v) is 12.8. The molecule has 1 aliphatic heterocycles. The summed E-state index contributed by atoms with van der Waals surface area (Å²) in [5, 5.41) is 18.0. The summed E-state index contributed by atoms with van der Waals surface area (Å²) in [6, 6.07) is 3.48. The Labute approximate surface area is 128 Å². The Morgan fingerprint density at radius 2 is 2.23 bits per heavy atom. The molecule has 7 nitrogen and oxygen atoms in total. The molecule has 3 rings (SSSR count). The number of rotatable bonds is 4. The van der Waals surface area contributed by atoms with Crippen molar-refractivity contribution < 1.29 is 14.3 Å². The van der Waals surface area contributed by atoms with E-state index in [1.165, 1.54) is 0 Å². The summed E-state index contributed by atoms with van der Waals surface area (Å²) < 4.78 is 11.3. The molecule has 1 N–H and O–H groups in total. The van der Waals surface area contributed by atoms with Crippen molar-refractivity contribution in [1.29, 1.82) is 0 Å². The topological polar surface area (TPSA) is 84.5 Å². The number of aromatic nitrogens is 3. The number of aryl methyl sites for hydroxylation is 2. The first-order chi connectivity index (χ1) is 10.7. The van der Waals surface area contributed by atoms with Gasteiger partial charge in [-0.1, -0.05) is 6.92 Å². The van der Waals surface area contributed by atoms with Crippen molar-refractivity contribution in [2.45, 2.75) is 32.9 Å². The molecular weight excluding hydrogens is 284 g/mol. The first kappa shape index (κ1) is 14.9. The number of nitrogens with zero attached hydrogens (tertiary/aromatic N) is 4. The zero-order chi connectivity index (χ0) is 15.5. The van der Waals surface area contributed by atoms with E-state index in [9.17, 15) is 5.11 Å². The summed E-state index contributed by atoms with van der Waals surface area (Å²) in [5.74, 6) is 1.36. The van der Waals surface area contributed by atoms with Gasteiger partial charge >= 0.3 is 0 Å². The van der Waals surface area contributed by atoms with Gasteiger partial charge in [0.1, 0.15) is 11.9 Å². The zero-order valence-electron chi connectivity index (χ0n) is 12.8. The quantitative estimate of drug-likeness (QED) is 0.918. The Morgan fingerprint density at radius 1 is 1.36 bits per heavy atom. The second-order valence-corrected chi connectivity index (χ2v) is 5.40. The molecule has 7 heteroatoms. The Hall–Kier alpha value is -1.99. The Morgan fingerprint density at radius 3 is 3.00 bits per heavy atom. The fourth-order valence-electron chi connectivity index (χ4n) is 2.47. The van der Waals surface area contributed by atoms with Gasteiger partial charge in [0.25, 0.3) is 0 Å². The predicted octanol–water partition coefficient (Wildman–Crippen LogP) is 1.61. The van der Waals surface area contributed by atoms with Crippen LogP contribution in [0.2, 0.25) is 0 Å². The number of morpholine rings is 1. The largest absolute Gasteiger partial charge is 0.506 e. The minimum Gasteiger partial charge on any atom is -0.506 e. The molecule has 2 aromatic rings. The van der Waals surface area contributed by atoms with Crippen LogP contribution in [0.1, 0.15) is 36.2 Å². The van der Waals surface area contributed by atoms with E-state index in [4.69, 9.17) is 9.15 Å². The van der Waals surface area contributed by atoms with E-state index in [1.807, 2.05) is 13.8 Å². The van der Waals surface area contributed by atoms with Crippen LogP contribution < -0.4 is 0 Å². The van der Waals surface area contributed by atoms with Gasteiger partial charge in [-0.15, -0.1) is 10.2 Å². The van der Waals surface area contributed by atoms with Crippen molar-refractivity contribution in [2.24, 2.45) is 0 Å². The van der Waals surface area contributed by atoms with Gasteiger partial charge < -0.3 is 14.3 Å². The molecule has 3 heterocycles. The maximum absolute atomic E-state index is 9.92. The van der Waals surface area contributed by atoms with Crippen LogP contribution in [0, 0.1) is 6.92 Å². The van der Waals surface area contributed by atoms with Crippen LogP contribution in [-0.2, 0) is 17.7 Å².